The van der Waals surface area contributed by atoms with Crippen LogP contribution < -0.4 is 0 Å². The van der Waals surface area contributed by atoms with Crippen molar-refractivity contribution in [3.05, 3.63) is 12.7 Å². The number of carbonyl (C=O) groups is 1. The van der Waals surface area contributed by atoms with Gasteiger partial charge < -0.3 is 23.7 Å². The Balaban J connectivity index is 6.18. The van der Waals surface area contributed by atoms with Crippen LogP contribution in [-0.2, 0) is 33.0 Å². The van der Waals surface area contributed by atoms with Crippen LogP contribution in [-0.4, -0.2) is 50.1 Å². The molecule has 0 saturated carbocycles. The second-order valence-corrected chi connectivity index (χ2v) is 8.36. The molecule has 1 atom stereocenters. The largest absolute Gasteiger partial charge is 0.485 e. The van der Waals surface area contributed by atoms with Crippen molar-refractivity contribution in [3.63, 3.8) is 0 Å². The number of allylic oxidation sites excluding steroid dienone is 1. The lowest BCUT2D eigenvalue weighted by atomic mass is 10.3. The molecule has 29 heavy (non-hydrogen) atoms. The Morgan fingerprint density at radius 1 is 0.759 bits per heavy atom. The summed E-state index contributed by atoms with van der Waals surface area (Å²) in [7, 11) is -2.61. The maximum Gasteiger partial charge on any atom is 0.485 e. The minimum absolute atomic E-state index is 0.144. The fourth-order valence-electron chi connectivity index (χ4n) is 2.43. The Morgan fingerprint density at radius 3 is 1.41 bits per heavy atom. The molecule has 8 heteroatoms. The zero-order valence-corrected chi connectivity index (χ0v) is 19.8. The number of hydrogen-bond donors (Lipinski definition) is 0. The van der Waals surface area contributed by atoms with Crippen LogP contribution in [0.3, 0.4) is 0 Å². The van der Waals surface area contributed by atoms with Gasteiger partial charge >= 0.3 is 18.9 Å². The summed E-state index contributed by atoms with van der Waals surface area (Å²) in [5, 5.41) is 0. The average molecular weight is 436 g/mol. The Labute approximate surface area is 177 Å². The molecule has 0 rings (SSSR count). The van der Waals surface area contributed by atoms with E-state index in [1.807, 2.05) is 34.6 Å². The topological polar surface area (TPSA) is 80.3 Å². The van der Waals surface area contributed by atoms with E-state index in [2.05, 4.69) is 6.58 Å². The third kappa shape index (κ3) is 9.77. The van der Waals surface area contributed by atoms with Crippen molar-refractivity contribution in [1.29, 1.82) is 0 Å². The first-order chi connectivity index (χ1) is 13.9. The molecule has 0 N–H and O–H groups in total. The van der Waals surface area contributed by atoms with Crippen molar-refractivity contribution in [2.45, 2.75) is 84.6 Å². The number of hydrogen-bond acceptors (Lipinski definition) is 7. The van der Waals surface area contributed by atoms with Crippen LogP contribution in [0, 0.1) is 0 Å². The molecule has 0 fully saturated rings. The third-order valence-electron chi connectivity index (χ3n) is 3.77. The Bertz CT molecular complexity index is 452. The maximum absolute atomic E-state index is 13.2. The highest BCUT2D eigenvalue weighted by molar-refractivity contribution is 7.65. The van der Waals surface area contributed by atoms with Crippen LogP contribution in [0.2, 0.25) is 0 Å². The van der Waals surface area contributed by atoms with Gasteiger partial charge in [-0.25, -0.2) is 4.79 Å². The molecule has 0 aliphatic carbocycles. The second kappa shape index (κ2) is 16.1. The second-order valence-electron chi connectivity index (χ2n) is 6.65. The molecule has 0 aromatic carbocycles. The van der Waals surface area contributed by atoms with Gasteiger partial charge in [0.15, 0.2) is 0 Å². The van der Waals surface area contributed by atoms with Gasteiger partial charge in [-0.15, -0.1) is 0 Å². The molecule has 170 valence electrons. The summed E-state index contributed by atoms with van der Waals surface area (Å²) >= 11 is 0. The van der Waals surface area contributed by atoms with Crippen LogP contribution in [0.25, 0.3) is 0 Å². The summed E-state index contributed by atoms with van der Waals surface area (Å²) in [6.07, 6.45) is 4.44. The van der Waals surface area contributed by atoms with Crippen LogP contribution in [0.15, 0.2) is 12.7 Å². The molecule has 0 heterocycles. The van der Waals surface area contributed by atoms with Gasteiger partial charge in [-0.2, -0.15) is 0 Å². The van der Waals surface area contributed by atoms with E-state index in [-0.39, 0.29) is 19.6 Å². The van der Waals surface area contributed by atoms with Gasteiger partial charge in [0, 0.05) is 6.08 Å². The van der Waals surface area contributed by atoms with E-state index < -0.39 is 24.8 Å². The highest BCUT2D eigenvalue weighted by Crippen LogP contribution is 2.49. The van der Waals surface area contributed by atoms with E-state index in [0.717, 1.165) is 25.3 Å². The minimum atomic E-state index is -2.61. The van der Waals surface area contributed by atoms with E-state index in [1.165, 1.54) is 0 Å². The predicted molar refractivity (Wildman–Crippen MR) is 114 cm³/mol. The average Bonchev–Trinajstić information content (AvgIpc) is 2.75. The number of ether oxygens (including phenoxy) is 5. The minimum Gasteiger partial charge on any atom is -0.327 e. The monoisotopic (exact) mass is 435 g/mol. The summed E-state index contributed by atoms with van der Waals surface area (Å²) in [5.74, 6) is -1.52. The Morgan fingerprint density at radius 2 is 1.10 bits per heavy atom. The summed E-state index contributed by atoms with van der Waals surface area (Å²) in [5.41, 5.74) is -2.36. The van der Waals surface area contributed by atoms with E-state index in [1.54, 1.807) is 0 Å². The van der Waals surface area contributed by atoms with Gasteiger partial charge in [-0.05, 0) is 32.1 Å². The first-order valence-corrected chi connectivity index (χ1v) is 12.0. The molecule has 0 amide bonds. The third-order valence-corrected chi connectivity index (χ3v) is 5.38. The molecule has 1 unspecified atom stereocenters. The molecular formula is C21H40O7P+. The van der Waals surface area contributed by atoms with Crippen molar-refractivity contribution in [1.82, 2.24) is 0 Å². The highest BCUT2D eigenvalue weighted by Gasteiger charge is 2.62. The molecule has 0 aliphatic heterocycles. The zero-order valence-electron chi connectivity index (χ0n) is 18.9. The van der Waals surface area contributed by atoms with Crippen molar-refractivity contribution < 1.29 is 33.0 Å². The van der Waals surface area contributed by atoms with Gasteiger partial charge in [0.25, 0.3) is 5.97 Å². The van der Waals surface area contributed by atoms with Gasteiger partial charge in [-0.3, -0.25) is 0 Å². The summed E-state index contributed by atoms with van der Waals surface area (Å²) in [6.45, 7) is 14.9. The molecule has 0 saturated heterocycles. The fraction of sp³-hybridized carbons (Fsp3) is 0.857. The smallest absolute Gasteiger partial charge is 0.327 e. The van der Waals surface area contributed by atoms with Crippen LogP contribution in [0.5, 0.6) is 0 Å². The molecule has 0 aromatic heterocycles. The quantitative estimate of drug-likeness (QED) is 0.145. The van der Waals surface area contributed by atoms with E-state index in [4.69, 9.17) is 23.7 Å². The van der Waals surface area contributed by atoms with Gasteiger partial charge in [0.2, 0.25) is 0 Å². The number of carbonyl (C=O) groups excluding carboxylic acids is 1. The van der Waals surface area contributed by atoms with E-state index in [0.29, 0.717) is 32.7 Å². The standard InChI is InChI=1S/C21H40O7P/c1-7-13-24-20(25-14-8-2,26-15-9-3)18-21(27-16-10-4,28-17-11-5)29(23)19(22)12-6/h12H,6-11,13-18H2,1-5H3/q+1. The maximum atomic E-state index is 13.2. The summed E-state index contributed by atoms with van der Waals surface area (Å²) in [4.78, 5) is 12.3. The first-order valence-electron chi connectivity index (χ1n) is 10.7. The van der Waals surface area contributed by atoms with Crippen molar-refractivity contribution >= 4 is 13.3 Å². The normalized spacial score (nSPS) is 12.8. The molecule has 0 bridgehead atoms. The summed E-state index contributed by atoms with van der Waals surface area (Å²) < 4.78 is 43.1. The van der Waals surface area contributed by atoms with Crippen LogP contribution >= 0.6 is 7.80 Å². The van der Waals surface area contributed by atoms with E-state index in [9.17, 15) is 9.36 Å². The highest BCUT2D eigenvalue weighted by atomic mass is 31.1. The summed E-state index contributed by atoms with van der Waals surface area (Å²) in [6, 6.07) is 0. The van der Waals surface area contributed by atoms with Crippen molar-refractivity contribution in [2.24, 2.45) is 0 Å². The van der Waals surface area contributed by atoms with E-state index >= 15 is 0 Å². The van der Waals surface area contributed by atoms with Crippen LogP contribution in [0.4, 0.5) is 0 Å². The fourth-order valence-corrected chi connectivity index (χ4v) is 3.69. The molecular weight excluding hydrogens is 395 g/mol. The first kappa shape index (κ1) is 28.3. The van der Waals surface area contributed by atoms with Gasteiger partial charge in [-0.1, -0.05) is 45.8 Å². The molecule has 0 aliphatic rings. The Kier molecular flexibility index (Phi) is 15.7. The zero-order chi connectivity index (χ0) is 22.2. The van der Waals surface area contributed by atoms with Crippen LogP contribution in [0.1, 0.15) is 73.1 Å². The molecule has 0 spiro atoms. The Hall–Kier alpha value is -0.690. The van der Waals surface area contributed by atoms with Crippen molar-refractivity contribution in [2.75, 3.05) is 33.0 Å². The lowest BCUT2D eigenvalue weighted by Crippen LogP contribution is -2.49. The van der Waals surface area contributed by atoms with Crippen molar-refractivity contribution in [3.8, 4) is 0 Å². The SMILES string of the molecule is C=CC(=O)[P+](=O)C(CC(OCCC)(OCCC)OCCC)(OCCC)OCCC. The number of rotatable bonds is 20. The van der Waals surface area contributed by atoms with Gasteiger partial charge in [0.1, 0.15) is 6.42 Å². The lowest BCUT2D eigenvalue weighted by molar-refractivity contribution is -0.404. The molecule has 0 aromatic rings. The predicted octanol–water partition coefficient (Wildman–Crippen LogP) is 5.36. The lowest BCUT2D eigenvalue weighted by Gasteiger charge is -2.36. The van der Waals surface area contributed by atoms with Gasteiger partial charge in [0.05, 0.1) is 33.0 Å². The molecule has 0 radical (unpaired) electrons. The molecule has 7 nitrogen and oxygen atoms in total.